The number of thiazole rings is 1. The van der Waals surface area contributed by atoms with Crippen LogP contribution in [0.5, 0.6) is 23.0 Å². The van der Waals surface area contributed by atoms with E-state index in [4.69, 9.17) is 28.7 Å². The third-order valence-corrected chi connectivity index (χ3v) is 8.98. The minimum atomic E-state index is -0.824. The summed E-state index contributed by atoms with van der Waals surface area (Å²) < 4.78 is 32.1. The number of benzene rings is 2. The second-order valence-corrected chi connectivity index (χ2v) is 11.7. The van der Waals surface area contributed by atoms with Gasteiger partial charge < -0.3 is 28.3 Å². The zero-order chi connectivity index (χ0) is 31.8. The van der Waals surface area contributed by atoms with Crippen molar-refractivity contribution in [3.63, 3.8) is 0 Å². The highest BCUT2D eigenvalue weighted by molar-refractivity contribution is 7.07. The van der Waals surface area contributed by atoms with Crippen LogP contribution in [0.3, 0.4) is 0 Å². The average Bonchev–Trinajstić information content (AvgIpc) is 3.71. The molecule has 11 heteroatoms. The number of ether oxygens (including phenoxy) is 5. The van der Waals surface area contributed by atoms with Crippen LogP contribution in [0.1, 0.15) is 55.2 Å². The van der Waals surface area contributed by atoms with Crippen LogP contribution in [0.2, 0.25) is 0 Å². The molecule has 4 aromatic rings. The number of carbonyl (C=O) groups excluding carboxylic acids is 1. The third-order valence-electron chi connectivity index (χ3n) is 7.99. The molecule has 0 amide bonds. The van der Waals surface area contributed by atoms with Crippen LogP contribution in [0.15, 0.2) is 63.5 Å². The fraction of sp³-hybridized carbons (Fsp3) is 0.324. The largest absolute Gasteiger partial charge is 0.497 e. The van der Waals surface area contributed by atoms with Crippen LogP contribution in [-0.4, -0.2) is 42.7 Å². The quantitative estimate of drug-likeness (QED) is 0.247. The number of esters is 1. The van der Waals surface area contributed by atoms with Crippen LogP contribution in [0.4, 0.5) is 0 Å². The van der Waals surface area contributed by atoms with E-state index >= 15 is 0 Å². The Bertz CT molecular complexity index is 2020. The Morgan fingerprint density at radius 2 is 1.87 bits per heavy atom. The van der Waals surface area contributed by atoms with E-state index in [1.807, 2.05) is 51.1 Å². The predicted octanol–water partition coefficient (Wildman–Crippen LogP) is 4.73. The molecule has 10 nitrogen and oxygen atoms in total. The van der Waals surface area contributed by atoms with Gasteiger partial charge in [-0.15, -0.1) is 0 Å². The maximum absolute atomic E-state index is 14.3. The Morgan fingerprint density at radius 3 is 2.60 bits per heavy atom. The van der Waals surface area contributed by atoms with Crippen LogP contribution >= 0.6 is 11.3 Å². The highest BCUT2D eigenvalue weighted by atomic mass is 32.1. The zero-order valence-corrected chi connectivity index (χ0v) is 26.9. The summed E-state index contributed by atoms with van der Waals surface area (Å²) in [6, 6.07) is 12.4. The molecule has 6 rings (SSSR count). The summed E-state index contributed by atoms with van der Waals surface area (Å²) in [4.78, 5) is 33.3. The second-order valence-electron chi connectivity index (χ2n) is 10.7. The predicted molar refractivity (Wildman–Crippen MR) is 171 cm³/mol. The molecule has 0 spiro atoms. The van der Waals surface area contributed by atoms with E-state index in [0.717, 1.165) is 34.8 Å². The van der Waals surface area contributed by atoms with Gasteiger partial charge in [0.25, 0.3) is 5.56 Å². The van der Waals surface area contributed by atoms with Crippen molar-refractivity contribution >= 4 is 23.4 Å². The van der Waals surface area contributed by atoms with Crippen LogP contribution < -0.4 is 33.8 Å². The topological polar surface area (TPSA) is 103 Å². The average molecular weight is 630 g/mol. The summed E-state index contributed by atoms with van der Waals surface area (Å²) in [5.41, 5.74) is 5.05. The number of rotatable bonds is 9. The lowest BCUT2D eigenvalue weighted by molar-refractivity contribution is -0.139. The lowest BCUT2D eigenvalue weighted by Gasteiger charge is -2.27. The van der Waals surface area contributed by atoms with Gasteiger partial charge in [0.15, 0.2) is 16.3 Å². The van der Waals surface area contributed by atoms with Crippen molar-refractivity contribution in [3.8, 4) is 28.7 Å². The minimum absolute atomic E-state index is 0.188. The molecule has 0 N–H and O–H groups in total. The first-order valence-corrected chi connectivity index (χ1v) is 15.6. The smallest absolute Gasteiger partial charge is 0.338 e. The van der Waals surface area contributed by atoms with Crippen LogP contribution in [-0.2, 0) is 9.53 Å². The Morgan fingerprint density at radius 1 is 1.07 bits per heavy atom. The van der Waals surface area contributed by atoms with E-state index in [1.165, 1.54) is 11.3 Å². The van der Waals surface area contributed by atoms with E-state index in [-0.39, 0.29) is 19.0 Å². The Labute approximate surface area is 264 Å². The van der Waals surface area contributed by atoms with Gasteiger partial charge in [0.2, 0.25) is 6.79 Å². The molecule has 0 radical (unpaired) electrons. The normalized spacial score (nSPS) is 15.6. The molecule has 1 atom stereocenters. The fourth-order valence-electron chi connectivity index (χ4n) is 5.96. The molecule has 2 aliphatic rings. The summed E-state index contributed by atoms with van der Waals surface area (Å²) in [6.45, 7) is 8.21. The van der Waals surface area contributed by atoms with Crippen molar-refractivity contribution < 1.29 is 28.5 Å². The first-order chi connectivity index (χ1) is 21.8. The molecule has 45 heavy (non-hydrogen) atoms. The number of hydrogen-bond donors (Lipinski definition) is 0. The summed E-state index contributed by atoms with van der Waals surface area (Å²) in [5.74, 6) is 1.99. The summed E-state index contributed by atoms with van der Waals surface area (Å²) in [6.07, 6.45) is 3.19. The lowest BCUT2D eigenvalue weighted by atomic mass is 9.93. The van der Waals surface area contributed by atoms with Crippen molar-refractivity contribution in [1.82, 2.24) is 9.13 Å². The van der Waals surface area contributed by atoms with Gasteiger partial charge in [0.05, 0.1) is 36.6 Å². The van der Waals surface area contributed by atoms with Crippen molar-refractivity contribution in [2.45, 2.75) is 46.6 Å². The van der Waals surface area contributed by atoms with E-state index in [0.29, 0.717) is 49.8 Å². The number of aromatic nitrogens is 2. The van der Waals surface area contributed by atoms with Crippen LogP contribution in [0.25, 0.3) is 11.8 Å². The summed E-state index contributed by atoms with van der Waals surface area (Å²) in [5, 5.41) is 0. The first kappa shape index (κ1) is 30.3. The van der Waals surface area contributed by atoms with Crippen molar-refractivity contribution in [1.29, 1.82) is 0 Å². The highest BCUT2D eigenvalue weighted by Gasteiger charge is 2.36. The van der Waals surface area contributed by atoms with Gasteiger partial charge in [0.1, 0.15) is 17.5 Å². The Balaban J connectivity index is 1.55. The standard InChI is InChI=1S/C34H35N3O7S/c1-7-9-25-30(33(39)42-8-2)31(24-17-23(40-5)11-13-26(24)41-6)37-32(38)29(45-34(37)35-25)15-21-14-19(3)36(20(21)4)22-10-12-27-28(16-22)44-18-43-27/h10-17,31H,7-9,18H2,1-6H3/b29-15-/t31-/m1/s1. The number of aryl methyl sites for hydroxylation is 1. The van der Waals surface area contributed by atoms with Gasteiger partial charge >= 0.3 is 5.97 Å². The van der Waals surface area contributed by atoms with Crippen molar-refractivity contribution in [2.24, 2.45) is 4.99 Å². The molecule has 0 bridgehead atoms. The number of nitrogens with zero attached hydrogens (tertiary/aromatic N) is 3. The molecule has 234 valence electrons. The maximum atomic E-state index is 14.3. The molecule has 0 saturated carbocycles. The summed E-state index contributed by atoms with van der Waals surface area (Å²) >= 11 is 1.30. The molecule has 2 aliphatic heterocycles. The van der Waals surface area contributed by atoms with Gasteiger partial charge in [-0.25, -0.2) is 9.79 Å². The highest BCUT2D eigenvalue weighted by Crippen LogP contribution is 2.39. The van der Waals surface area contributed by atoms with E-state index in [1.54, 1.807) is 43.9 Å². The first-order valence-electron chi connectivity index (χ1n) is 14.8. The maximum Gasteiger partial charge on any atom is 0.338 e. The van der Waals surface area contributed by atoms with Gasteiger partial charge in [-0.05, 0) is 75.2 Å². The number of methoxy groups -OCH3 is 2. The number of allylic oxidation sites excluding steroid dienone is 1. The van der Waals surface area contributed by atoms with Crippen molar-refractivity contribution in [2.75, 3.05) is 27.6 Å². The Kier molecular flexibility index (Phi) is 8.28. The zero-order valence-electron chi connectivity index (χ0n) is 26.1. The minimum Gasteiger partial charge on any atom is -0.497 e. The summed E-state index contributed by atoms with van der Waals surface area (Å²) in [7, 11) is 3.13. The molecule has 0 fully saturated rings. The second kappa shape index (κ2) is 12.3. The van der Waals surface area contributed by atoms with Crippen LogP contribution in [0, 0.1) is 13.8 Å². The Hall–Kier alpha value is -4.77. The van der Waals surface area contributed by atoms with Gasteiger partial charge in [0, 0.05) is 28.7 Å². The molecular formula is C34H35N3O7S. The van der Waals surface area contributed by atoms with Gasteiger partial charge in [-0.2, -0.15) is 0 Å². The third kappa shape index (κ3) is 5.31. The van der Waals surface area contributed by atoms with Crippen molar-refractivity contribution in [3.05, 3.63) is 95.9 Å². The molecule has 4 heterocycles. The lowest BCUT2D eigenvalue weighted by Crippen LogP contribution is -2.40. The monoisotopic (exact) mass is 629 g/mol. The molecule has 0 aliphatic carbocycles. The fourth-order valence-corrected chi connectivity index (χ4v) is 6.98. The van der Waals surface area contributed by atoms with Gasteiger partial charge in [-0.1, -0.05) is 24.7 Å². The van der Waals surface area contributed by atoms with Gasteiger partial charge in [-0.3, -0.25) is 9.36 Å². The number of hydrogen-bond acceptors (Lipinski definition) is 9. The number of carbonyl (C=O) groups is 1. The SMILES string of the molecule is CCCC1=C(C(=O)OCC)[C@@H](c2cc(OC)ccc2OC)n2c(s/c(=C\c3cc(C)n(-c4ccc5c(c4)OCO5)c3C)c2=O)=N1. The molecule has 2 aromatic carbocycles. The van der Waals surface area contributed by atoms with E-state index in [2.05, 4.69) is 4.57 Å². The molecule has 0 unspecified atom stereocenters. The molecule has 0 saturated heterocycles. The number of fused-ring (bicyclic) bond motifs is 2. The molecular weight excluding hydrogens is 594 g/mol. The van der Waals surface area contributed by atoms with E-state index < -0.39 is 12.0 Å². The van der Waals surface area contributed by atoms with E-state index in [9.17, 15) is 9.59 Å². The molecule has 2 aromatic heterocycles.